The molecule has 0 aliphatic heterocycles. The van der Waals surface area contributed by atoms with Crippen molar-refractivity contribution in [3.8, 4) is 5.82 Å². The average molecular weight is 339 g/mol. The van der Waals surface area contributed by atoms with Crippen LogP contribution in [0.2, 0.25) is 0 Å². The Bertz CT molecular complexity index is 877. The quantitative estimate of drug-likeness (QED) is 0.775. The highest BCUT2D eigenvalue weighted by Crippen LogP contribution is 2.25. The zero-order valence-electron chi connectivity index (χ0n) is 14.0. The highest BCUT2D eigenvalue weighted by atomic mass is 19.1. The maximum absolute atomic E-state index is 14.0. The number of rotatable bonds is 5. The van der Waals surface area contributed by atoms with Gasteiger partial charge in [-0.2, -0.15) is 5.10 Å². The summed E-state index contributed by atoms with van der Waals surface area (Å²) < 4.78 is 15.5. The van der Waals surface area contributed by atoms with Gasteiger partial charge in [-0.3, -0.25) is 4.79 Å². The summed E-state index contributed by atoms with van der Waals surface area (Å²) in [6.07, 6.45) is 4.43. The Labute approximate surface area is 144 Å². The molecule has 2 aromatic heterocycles. The molecular formula is C18H18FN5O. The number of aromatic nitrogens is 4. The highest BCUT2D eigenvalue weighted by Gasteiger charge is 2.25. The zero-order chi connectivity index (χ0) is 17.9. The molecule has 0 atom stereocenters. The van der Waals surface area contributed by atoms with Crippen molar-refractivity contribution in [2.45, 2.75) is 19.3 Å². The van der Waals surface area contributed by atoms with Crippen LogP contribution in [0.5, 0.6) is 0 Å². The highest BCUT2D eigenvalue weighted by molar-refractivity contribution is 5.97. The van der Waals surface area contributed by atoms with Crippen molar-refractivity contribution in [3.05, 3.63) is 72.2 Å². The molecule has 0 aliphatic carbocycles. The zero-order valence-corrected chi connectivity index (χ0v) is 14.0. The number of hydrogen-bond donors (Lipinski definition) is 1. The molecule has 0 saturated heterocycles. The lowest BCUT2D eigenvalue weighted by Gasteiger charge is -2.26. The topological polar surface area (TPSA) is 72.7 Å². The van der Waals surface area contributed by atoms with E-state index in [4.69, 9.17) is 0 Å². The molecule has 0 bridgehead atoms. The number of benzene rings is 1. The van der Waals surface area contributed by atoms with E-state index in [-0.39, 0.29) is 18.3 Å². The van der Waals surface area contributed by atoms with E-state index in [1.54, 1.807) is 36.5 Å². The third-order valence-electron chi connectivity index (χ3n) is 3.96. The van der Waals surface area contributed by atoms with Gasteiger partial charge in [0.15, 0.2) is 5.82 Å². The number of hydrogen-bond acceptors (Lipinski definition) is 4. The van der Waals surface area contributed by atoms with Gasteiger partial charge < -0.3 is 5.32 Å². The van der Waals surface area contributed by atoms with Gasteiger partial charge in [0.1, 0.15) is 18.5 Å². The second-order valence-corrected chi connectivity index (χ2v) is 6.26. The molecule has 0 aliphatic rings. The van der Waals surface area contributed by atoms with E-state index in [9.17, 15) is 9.18 Å². The molecule has 0 spiro atoms. The second kappa shape index (κ2) is 6.80. The summed E-state index contributed by atoms with van der Waals surface area (Å²) in [6.45, 7) is 4.04. The van der Waals surface area contributed by atoms with Crippen molar-refractivity contribution in [1.29, 1.82) is 0 Å². The number of nitrogens with one attached hydrogen (secondary N) is 1. The van der Waals surface area contributed by atoms with E-state index in [0.29, 0.717) is 16.9 Å². The maximum atomic E-state index is 14.0. The van der Waals surface area contributed by atoms with Crippen LogP contribution in [0, 0.1) is 5.82 Å². The first-order chi connectivity index (χ1) is 12.0. The fourth-order valence-corrected chi connectivity index (χ4v) is 2.58. The van der Waals surface area contributed by atoms with Crippen LogP contribution >= 0.6 is 0 Å². The molecule has 25 heavy (non-hydrogen) atoms. The Balaban J connectivity index is 1.79. The van der Waals surface area contributed by atoms with Gasteiger partial charge in [0.05, 0.1) is 5.56 Å². The van der Waals surface area contributed by atoms with Gasteiger partial charge >= 0.3 is 0 Å². The molecule has 3 aromatic rings. The largest absolute Gasteiger partial charge is 0.351 e. The van der Waals surface area contributed by atoms with E-state index in [2.05, 4.69) is 20.4 Å². The van der Waals surface area contributed by atoms with Crippen LogP contribution in [-0.4, -0.2) is 32.2 Å². The first kappa shape index (κ1) is 16.8. The molecule has 128 valence electrons. The number of carbonyl (C=O) groups is 1. The minimum Gasteiger partial charge on any atom is -0.351 e. The minimum absolute atomic E-state index is 0.276. The summed E-state index contributed by atoms with van der Waals surface area (Å²) in [4.78, 5) is 20.7. The number of pyridine rings is 1. The first-order valence-electron chi connectivity index (χ1n) is 7.82. The van der Waals surface area contributed by atoms with Crippen molar-refractivity contribution in [1.82, 2.24) is 25.1 Å². The number of nitrogens with zero attached hydrogens (tertiary/aromatic N) is 4. The van der Waals surface area contributed by atoms with Crippen LogP contribution in [0.4, 0.5) is 4.39 Å². The van der Waals surface area contributed by atoms with Gasteiger partial charge in [-0.25, -0.2) is 19.0 Å². The molecule has 3 rings (SSSR count). The summed E-state index contributed by atoms with van der Waals surface area (Å²) in [5.41, 5.74) is 0.367. The van der Waals surface area contributed by atoms with E-state index < -0.39 is 5.41 Å². The fraction of sp³-hybridized carbons (Fsp3) is 0.222. The first-order valence-corrected chi connectivity index (χ1v) is 7.82. The molecule has 0 saturated carbocycles. The molecule has 1 N–H and O–H groups in total. The van der Waals surface area contributed by atoms with Crippen molar-refractivity contribution >= 4 is 5.91 Å². The molecule has 0 unspecified atom stereocenters. The van der Waals surface area contributed by atoms with Crippen molar-refractivity contribution in [2.75, 3.05) is 6.54 Å². The Kier molecular flexibility index (Phi) is 4.56. The van der Waals surface area contributed by atoms with Crippen LogP contribution < -0.4 is 5.32 Å². The Morgan fingerprint density at radius 2 is 2.04 bits per heavy atom. The van der Waals surface area contributed by atoms with Crippen LogP contribution in [0.1, 0.15) is 29.8 Å². The SMILES string of the molecule is CC(C)(CNC(=O)c1cccnc1-n1cncn1)c1ccccc1F. The van der Waals surface area contributed by atoms with Gasteiger partial charge in [-0.05, 0) is 23.8 Å². The second-order valence-electron chi connectivity index (χ2n) is 6.26. The van der Waals surface area contributed by atoms with Crippen molar-refractivity contribution in [3.63, 3.8) is 0 Å². The fourth-order valence-electron chi connectivity index (χ4n) is 2.58. The molecule has 2 heterocycles. The van der Waals surface area contributed by atoms with Crippen molar-refractivity contribution < 1.29 is 9.18 Å². The molecule has 6 nitrogen and oxygen atoms in total. The van der Waals surface area contributed by atoms with E-state index >= 15 is 0 Å². The van der Waals surface area contributed by atoms with Crippen molar-refractivity contribution in [2.24, 2.45) is 0 Å². The normalized spacial score (nSPS) is 11.3. The van der Waals surface area contributed by atoms with Gasteiger partial charge in [0.25, 0.3) is 5.91 Å². The molecule has 1 amide bonds. The van der Waals surface area contributed by atoms with Crippen LogP contribution in [-0.2, 0) is 5.41 Å². The summed E-state index contributed by atoms with van der Waals surface area (Å²) in [6, 6.07) is 9.92. The summed E-state index contributed by atoms with van der Waals surface area (Å²) in [5.74, 6) is -0.198. The van der Waals surface area contributed by atoms with Crippen LogP contribution in [0.3, 0.4) is 0 Å². The smallest absolute Gasteiger partial charge is 0.255 e. The molecule has 0 radical (unpaired) electrons. The Morgan fingerprint density at radius 3 is 2.76 bits per heavy atom. The van der Waals surface area contributed by atoms with Gasteiger partial charge in [-0.1, -0.05) is 32.0 Å². The van der Waals surface area contributed by atoms with Gasteiger partial charge in [0, 0.05) is 18.2 Å². The number of halogens is 1. The van der Waals surface area contributed by atoms with E-state index in [1.807, 2.05) is 13.8 Å². The average Bonchev–Trinajstić information content (AvgIpc) is 3.14. The lowest BCUT2D eigenvalue weighted by atomic mass is 9.84. The summed E-state index contributed by atoms with van der Waals surface area (Å²) >= 11 is 0. The minimum atomic E-state index is -0.559. The number of carbonyl (C=O) groups excluding carboxylic acids is 1. The molecule has 1 aromatic carbocycles. The van der Waals surface area contributed by atoms with Crippen LogP contribution in [0.15, 0.2) is 55.2 Å². The predicted octanol–water partition coefficient (Wildman–Crippen LogP) is 2.51. The lowest BCUT2D eigenvalue weighted by molar-refractivity contribution is 0.0944. The molecule has 0 fully saturated rings. The van der Waals surface area contributed by atoms with E-state index in [1.165, 1.54) is 23.4 Å². The third-order valence-corrected chi connectivity index (χ3v) is 3.96. The van der Waals surface area contributed by atoms with Gasteiger partial charge in [-0.15, -0.1) is 0 Å². The van der Waals surface area contributed by atoms with Crippen LogP contribution in [0.25, 0.3) is 5.82 Å². The summed E-state index contributed by atoms with van der Waals surface area (Å²) in [5, 5.41) is 6.87. The van der Waals surface area contributed by atoms with Gasteiger partial charge in [0.2, 0.25) is 0 Å². The molecular weight excluding hydrogens is 321 g/mol. The maximum Gasteiger partial charge on any atom is 0.255 e. The third kappa shape index (κ3) is 3.55. The lowest BCUT2D eigenvalue weighted by Crippen LogP contribution is -2.37. The Morgan fingerprint density at radius 1 is 1.24 bits per heavy atom. The standard InChI is InChI=1S/C18H18FN5O/c1-18(2,14-7-3-4-8-15(14)19)10-22-17(25)13-6-5-9-21-16(13)24-12-20-11-23-24/h3-9,11-12H,10H2,1-2H3,(H,22,25). The Hall–Kier alpha value is -3.09. The monoisotopic (exact) mass is 339 g/mol. The summed E-state index contributed by atoms with van der Waals surface area (Å²) in [7, 11) is 0. The molecule has 7 heteroatoms. The predicted molar refractivity (Wildman–Crippen MR) is 90.9 cm³/mol. The van der Waals surface area contributed by atoms with E-state index in [0.717, 1.165) is 0 Å². The number of amides is 1.